The van der Waals surface area contributed by atoms with E-state index in [1.807, 2.05) is 12.3 Å². The second kappa shape index (κ2) is 5.80. The standard InChI is InChI=1S/C21H12N4S/c22-10-17-6-5-14(11-23-17)15-7-16-12-24-25-21(16)18(8-15)20-9-13-3-1-2-4-19(13)26-20/h1-9,11-12H,(H,24,25). The maximum atomic E-state index is 8.95. The van der Waals surface area contributed by atoms with Gasteiger partial charge in [-0.1, -0.05) is 18.2 Å². The molecule has 0 saturated heterocycles. The number of benzene rings is 2. The maximum Gasteiger partial charge on any atom is 0.140 e. The molecule has 2 aromatic carbocycles. The van der Waals surface area contributed by atoms with Gasteiger partial charge in [-0.2, -0.15) is 10.4 Å². The van der Waals surface area contributed by atoms with Gasteiger partial charge in [0.15, 0.2) is 0 Å². The van der Waals surface area contributed by atoms with Crippen molar-refractivity contribution in [1.82, 2.24) is 15.2 Å². The monoisotopic (exact) mass is 352 g/mol. The zero-order valence-electron chi connectivity index (χ0n) is 13.6. The number of nitrogens with one attached hydrogen (secondary N) is 1. The van der Waals surface area contributed by atoms with Gasteiger partial charge in [-0.15, -0.1) is 11.3 Å². The number of aromatic nitrogens is 3. The van der Waals surface area contributed by atoms with E-state index in [2.05, 4.69) is 63.7 Å². The van der Waals surface area contributed by atoms with Crippen LogP contribution < -0.4 is 0 Å². The van der Waals surface area contributed by atoms with Gasteiger partial charge < -0.3 is 0 Å². The number of H-pyrrole nitrogens is 1. The summed E-state index contributed by atoms with van der Waals surface area (Å²) >= 11 is 1.77. The summed E-state index contributed by atoms with van der Waals surface area (Å²) < 4.78 is 1.26. The highest BCUT2D eigenvalue weighted by Crippen LogP contribution is 2.38. The number of aromatic amines is 1. The molecule has 0 atom stereocenters. The van der Waals surface area contributed by atoms with Crippen molar-refractivity contribution in [2.75, 3.05) is 0 Å². The van der Waals surface area contributed by atoms with Crippen LogP contribution in [0.15, 0.2) is 67.0 Å². The van der Waals surface area contributed by atoms with Gasteiger partial charge in [0, 0.05) is 32.3 Å². The summed E-state index contributed by atoms with van der Waals surface area (Å²) in [4.78, 5) is 5.39. The Bertz CT molecular complexity index is 1260. The molecular formula is C21H12N4S. The van der Waals surface area contributed by atoms with Gasteiger partial charge >= 0.3 is 0 Å². The summed E-state index contributed by atoms with van der Waals surface area (Å²) in [5, 5.41) is 18.6. The van der Waals surface area contributed by atoms with Gasteiger partial charge in [0.2, 0.25) is 0 Å². The fourth-order valence-corrected chi connectivity index (χ4v) is 4.25. The van der Waals surface area contributed by atoms with Crippen LogP contribution in [0.1, 0.15) is 5.69 Å². The summed E-state index contributed by atoms with van der Waals surface area (Å²) in [6.45, 7) is 0. The van der Waals surface area contributed by atoms with Crippen molar-refractivity contribution >= 4 is 32.3 Å². The average Bonchev–Trinajstić information content (AvgIpc) is 3.33. The summed E-state index contributed by atoms with van der Waals surface area (Å²) in [7, 11) is 0. The summed E-state index contributed by atoms with van der Waals surface area (Å²) in [6.07, 6.45) is 3.58. The normalized spacial score (nSPS) is 11.0. The van der Waals surface area contributed by atoms with Crippen molar-refractivity contribution in [2.24, 2.45) is 0 Å². The lowest BCUT2D eigenvalue weighted by atomic mass is 10.0. The van der Waals surface area contributed by atoms with Crippen LogP contribution in [0, 0.1) is 11.3 Å². The Morgan fingerprint density at radius 3 is 2.65 bits per heavy atom. The largest absolute Gasteiger partial charge is 0.277 e. The minimum Gasteiger partial charge on any atom is -0.277 e. The second-order valence-electron chi connectivity index (χ2n) is 6.05. The predicted octanol–water partition coefficient (Wildman–Crippen LogP) is 5.38. The van der Waals surface area contributed by atoms with Crippen LogP contribution in [-0.4, -0.2) is 15.2 Å². The molecule has 0 fully saturated rings. The summed E-state index contributed by atoms with van der Waals surface area (Å²) in [5.41, 5.74) is 4.61. The highest BCUT2D eigenvalue weighted by molar-refractivity contribution is 7.22. The predicted molar refractivity (Wildman–Crippen MR) is 105 cm³/mol. The third-order valence-electron chi connectivity index (χ3n) is 4.45. The van der Waals surface area contributed by atoms with Crippen molar-refractivity contribution < 1.29 is 0 Å². The topological polar surface area (TPSA) is 65.4 Å². The molecule has 0 aliphatic rings. The Labute approximate surface area is 153 Å². The Morgan fingerprint density at radius 2 is 1.85 bits per heavy atom. The maximum absolute atomic E-state index is 8.95. The second-order valence-corrected chi connectivity index (χ2v) is 7.13. The lowest BCUT2D eigenvalue weighted by molar-refractivity contribution is 1.12. The first-order chi connectivity index (χ1) is 12.8. The van der Waals surface area contributed by atoms with Gasteiger partial charge in [0.05, 0.1) is 11.7 Å². The smallest absolute Gasteiger partial charge is 0.140 e. The number of rotatable bonds is 2. The molecule has 0 spiro atoms. The fraction of sp³-hybridized carbons (Fsp3) is 0. The van der Waals surface area contributed by atoms with Crippen LogP contribution in [0.5, 0.6) is 0 Å². The number of hydrogen-bond donors (Lipinski definition) is 1. The van der Waals surface area contributed by atoms with Gasteiger partial charge in [-0.3, -0.25) is 5.10 Å². The van der Waals surface area contributed by atoms with E-state index in [-0.39, 0.29) is 0 Å². The molecule has 26 heavy (non-hydrogen) atoms. The molecule has 3 aromatic heterocycles. The fourth-order valence-electron chi connectivity index (χ4n) is 3.16. The van der Waals surface area contributed by atoms with Gasteiger partial charge in [0.25, 0.3) is 0 Å². The first kappa shape index (κ1) is 14.8. The first-order valence-electron chi connectivity index (χ1n) is 8.14. The first-order valence-corrected chi connectivity index (χ1v) is 8.96. The summed E-state index contributed by atoms with van der Waals surface area (Å²) in [6, 6.07) is 20.6. The van der Waals surface area contributed by atoms with E-state index in [1.165, 1.54) is 15.0 Å². The minimum absolute atomic E-state index is 0.419. The van der Waals surface area contributed by atoms with E-state index in [0.29, 0.717) is 5.69 Å². The molecule has 1 N–H and O–H groups in total. The molecule has 5 aromatic rings. The SMILES string of the molecule is N#Cc1ccc(-c2cc(-c3cc4ccccc4s3)c3[nH]ncc3c2)cn1. The quantitative estimate of drug-likeness (QED) is 0.464. The van der Waals surface area contributed by atoms with Crippen LogP contribution in [0.2, 0.25) is 0 Å². The highest BCUT2D eigenvalue weighted by atomic mass is 32.1. The lowest BCUT2D eigenvalue weighted by Crippen LogP contribution is -1.86. The summed E-state index contributed by atoms with van der Waals surface area (Å²) in [5.74, 6) is 0. The van der Waals surface area contributed by atoms with Crippen LogP contribution in [0.4, 0.5) is 0 Å². The Hall–Kier alpha value is -3.49. The van der Waals surface area contributed by atoms with E-state index in [4.69, 9.17) is 5.26 Å². The van der Waals surface area contributed by atoms with Gasteiger partial charge in [0.1, 0.15) is 11.8 Å². The molecule has 0 saturated carbocycles. The number of hydrogen-bond acceptors (Lipinski definition) is 4. The molecule has 0 bridgehead atoms. The molecule has 0 radical (unpaired) electrons. The molecule has 3 heterocycles. The minimum atomic E-state index is 0.419. The van der Waals surface area contributed by atoms with Crippen molar-refractivity contribution in [1.29, 1.82) is 5.26 Å². The van der Waals surface area contributed by atoms with Gasteiger partial charge in [-0.25, -0.2) is 4.98 Å². The highest BCUT2D eigenvalue weighted by Gasteiger charge is 2.12. The third-order valence-corrected chi connectivity index (χ3v) is 5.60. The van der Waals surface area contributed by atoms with E-state index in [1.54, 1.807) is 23.6 Å². The number of thiophene rings is 1. The lowest BCUT2D eigenvalue weighted by Gasteiger charge is -2.06. The molecule has 0 aliphatic carbocycles. The zero-order valence-corrected chi connectivity index (χ0v) is 14.4. The molecule has 5 rings (SSSR count). The molecule has 0 unspecified atom stereocenters. The van der Waals surface area contributed by atoms with Crippen LogP contribution in [-0.2, 0) is 0 Å². The Kier molecular flexibility index (Phi) is 3.30. The molecule has 0 amide bonds. The van der Waals surface area contributed by atoms with Crippen molar-refractivity contribution in [3.8, 4) is 27.6 Å². The van der Waals surface area contributed by atoms with Crippen molar-refractivity contribution in [3.63, 3.8) is 0 Å². The number of nitrogens with zero attached hydrogens (tertiary/aromatic N) is 3. The van der Waals surface area contributed by atoms with Gasteiger partial charge in [-0.05, 0) is 47.3 Å². The van der Waals surface area contributed by atoms with Crippen LogP contribution in [0.25, 0.3) is 42.6 Å². The number of pyridine rings is 1. The number of nitriles is 1. The number of fused-ring (bicyclic) bond motifs is 2. The molecule has 122 valence electrons. The van der Waals surface area contributed by atoms with Crippen molar-refractivity contribution in [2.45, 2.75) is 0 Å². The average molecular weight is 352 g/mol. The Morgan fingerprint density at radius 1 is 0.923 bits per heavy atom. The third kappa shape index (κ3) is 2.36. The Balaban J connectivity index is 1.73. The van der Waals surface area contributed by atoms with Crippen molar-refractivity contribution in [3.05, 3.63) is 72.7 Å². The van der Waals surface area contributed by atoms with Crippen LogP contribution >= 0.6 is 11.3 Å². The van der Waals surface area contributed by atoms with E-state index in [9.17, 15) is 0 Å². The van der Waals surface area contributed by atoms with E-state index >= 15 is 0 Å². The molecule has 0 aliphatic heterocycles. The molecule has 4 nitrogen and oxygen atoms in total. The van der Waals surface area contributed by atoms with Crippen LogP contribution in [0.3, 0.4) is 0 Å². The van der Waals surface area contributed by atoms with E-state index in [0.717, 1.165) is 27.6 Å². The molecule has 5 heteroatoms. The molecular weight excluding hydrogens is 340 g/mol. The zero-order chi connectivity index (χ0) is 17.5. The van der Waals surface area contributed by atoms with E-state index < -0.39 is 0 Å².